The molecule has 0 aliphatic rings. The summed E-state index contributed by atoms with van der Waals surface area (Å²) in [5, 5.41) is 0. The van der Waals surface area contributed by atoms with Crippen LogP contribution >= 0.6 is 0 Å². The van der Waals surface area contributed by atoms with Gasteiger partial charge >= 0.3 is 17.9 Å². The second-order valence-corrected chi connectivity index (χ2v) is 20.2. The van der Waals surface area contributed by atoms with E-state index in [0.717, 1.165) is 83.5 Å². The van der Waals surface area contributed by atoms with Crippen molar-refractivity contribution >= 4 is 17.9 Å². The van der Waals surface area contributed by atoms with Crippen molar-refractivity contribution < 1.29 is 28.6 Å². The first-order valence-corrected chi connectivity index (χ1v) is 30.7. The van der Waals surface area contributed by atoms with Gasteiger partial charge in [-0.1, -0.05) is 279 Å². The third kappa shape index (κ3) is 59.1. The smallest absolute Gasteiger partial charge is 0.306 e. The van der Waals surface area contributed by atoms with Crippen LogP contribution in [-0.4, -0.2) is 37.2 Å². The summed E-state index contributed by atoms with van der Waals surface area (Å²) in [6.07, 6.45) is 81.3. The SMILES string of the molecule is CC/C=C\C/C=C\C/C=C\C/C=C\C/C=C\C/C=C\CCC(=O)OC[C@H](COC(=O)CCCCCCCCCCC/C=C\C/C=C\CCCCC)OC(=O)CCCCCCCCCCCCCCCCCCC. The Labute approximate surface area is 451 Å². The largest absolute Gasteiger partial charge is 0.462 e. The quantitative estimate of drug-likeness (QED) is 0.0261. The number of ether oxygens (including phenoxy) is 3. The summed E-state index contributed by atoms with van der Waals surface area (Å²) in [5.74, 6) is -0.983. The first-order valence-electron chi connectivity index (χ1n) is 30.7. The molecule has 0 bridgehead atoms. The molecule has 0 amide bonds. The Kier molecular flexibility index (Phi) is 57.8. The molecule has 0 aliphatic heterocycles. The van der Waals surface area contributed by atoms with Crippen molar-refractivity contribution in [3.8, 4) is 0 Å². The zero-order valence-corrected chi connectivity index (χ0v) is 47.9. The lowest BCUT2D eigenvalue weighted by molar-refractivity contribution is -0.166. The summed E-state index contributed by atoms with van der Waals surface area (Å²) in [4.78, 5) is 38.2. The van der Waals surface area contributed by atoms with Crippen LogP contribution in [0.5, 0.6) is 0 Å². The number of carbonyl (C=O) groups is 3. The van der Waals surface area contributed by atoms with Crippen LogP contribution < -0.4 is 0 Å². The molecule has 0 saturated carbocycles. The highest BCUT2D eigenvalue weighted by Crippen LogP contribution is 2.16. The Morgan fingerprint density at radius 1 is 0.288 bits per heavy atom. The Morgan fingerprint density at radius 2 is 0.562 bits per heavy atom. The predicted molar refractivity (Wildman–Crippen MR) is 316 cm³/mol. The van der Waals surface area contributed by atoms with E-state index >= 15 is 0 Å². The lowest BCUT2D eigenvalue weighted by Gasteiger charge is -2.18. The third-order valence-electron chi connectivity index (χ3n) is 13.1. The molecule has 0 aromatic heterocycles. The standard InChI is InChI=1S/C67H114O6/c1-4-7-10-13-16-19-22-25-28-31-33-36-38-41-44-47-50-53-56-59-65(68)71-62-64(73-67(70)61-58-55-52-49-46-43-40-35-30-27-24-21-18-15-12-9-6-3)63-72-66(69)60-57-54-51-48-45-42-39-37-34-32-29-26-23-20-17-14-11-8-5-2/h7,10,16-17,19-20,25-26,28-29,33,36,41,44,50,53,64H,4-6,8-9,11-15,18,21-24,27,30-32,34-35,37-40,42-43,45-49,51-52,54-63H2,1-3H3/b10-7-,19-16-,20-17-,28-25-,29-26-,36-33-,44-41-,53-50-/t64-/m1/s1. The zero-order valence-electron chi connectivity index (χ0n) is 47.9. The minimum absolute atomic E-state index is 0.101. The van der Waals surface area contributed by atoms with E-state index in [0.29, 0.717) is 19.3 Å². The minimum Gasteiger partial charge on any atom is -0.462 e. The van der Waals surface area contributed by atoms with Crippen LogP contribution in [0, 0.1) is 0 Å². The van der Waals surface area contributed by atoms with Gasteiger partial charge in [-0.2, -0.15) is 0 Å². The molecule has 0 heterocycles. The van der Waals surface area contributed by atoms with Crippen LogP contribution in [0.4, 0.5) is 0 Å². The molecule has 0 spiro atoms. The second kappa shape index (κ2) is 60.9. The van der Waals surface area contributed by atoms with Crippen molar-refractivity contribution in [2.75, 3.05) is 13.2 Å². The lowest BCUT2D eigenvalue weighted by Crippen LogP contribution is -2.30. The van der Waals surface area contributed by atoms with Gasteiger partial charge in [-0.3, -0.25) is 14.4 Å². The Hall–Kier alpha value is -3.67. The van der Waals surface area contributed by atoms with Gasteiger partial charge in [-0.05, 0) is 89.9 Å². The highest BCUT2D eigenvalue weighted by atomic mass is 16.6. The van der Waals surface area contributed by atoms with Crippen LogP contribution in [-0.2, 0) is 28.6 Å². The van der Waals surface area contributed by atoms with Gasteiger partial charge in [0.25, 0.3) is 0 Å². The number of hydrogen-bond donors (Lipinski definition) is 0. The fourth-order valence-corrected chi connectivity index (χ4v) is 8.50. The molecule has 0 aromatic rings. The third-order valence-corrected chi connectivity index (χ3v) is 13.1. The molecule has 1 atom stereocenters. The molecule has 418 valence electrons. The normalized spacial score (nSPS) is 12.8. The van der Waals surface area contributed by atoms with Crippen LogP contribution in [0.1, 0.15) is 290 Å². The van der Waals surface area contributed by atoms with Crippen molar-refractivity contribution in [1.29, 1.82) is 0 Å². The molecule has 0 aliphatic carbocycles. The van der Waals surface area contributed by atoms with E-state index in [9.17, 15) is 14.4 Å². The fourth-order valence-electron chi connectivity index (χ4n) is 8.50. The number of allylic oxidation sites excluding steroid dienone is 16. The molecule has 0 rings (SSSR count). The van der Waals surface area contributed by atoms with Crippen LogP contribution in [0.15, 0.2) is 97.2 Å². The van der Waals surface area contributed by atoms with Crippen LogP contribution in [0.2, 0.25) is 0 Å². The molecule has 0 unspecified atom stereocenters. The molecule has 6 heteroatoms. The number of hydrogen-bond acceptors (Lipinski definition) is 6. The first kappa shape index (κ1) is 69.3. The van der Waals surface area contributed by atoms with Gasteiger partial charge in [0.05, 0.1) is 0 Å². The molecule has 73 heavy (non-hydrogen) atoms. The van der Waals surface area contributed by atoms with Gasteiger partial charge in [0.1, 0.15) is 13.2 Å². The van der Waals surface area contributed by atoms with Crippen LogP contribution in [0.3, 0.4) is 0 Å². The summed E-state index contributed by atoms with van der Waals surface area (Å²) >= 11 is 0. The summed E-state index contributed by atoms with van der Waals surface area (Å²) in [6, 6.07) is 0. The topological polar surface area (TPSA) is 78.9 Å². The Bertz CT molecular complexity index is 1440. The monoisotopic (exact) mass is 1010 g/mol. The highest BCUT2D eigenvalue weighted by Gasteiger charge is 2.19. The van der Waals surface area contributed by atoms with Gasteiger partial charge in [-0.15, -0.1) is 0 Å². The minimum atomic E-state index is -0.810. The van der Waals surface area contributed by atoms with E-state index in [2.05, 4.69) is 112 Å². The van der Waals surface area contributed by atoms with Crippen molar-refractivity contribution in [2.24, 2.45) is 0 Å². The maximum atomic E-state index is 12.9. The highest BCUT2D eigenvalue weighted by molar-refractivity contribution is 5.71. The molecule has 0 N–H and O–H groups in total. The van der Waals surface area contributed by atoms with Gasteiger partial charge in [0.2, 0.25) is 0 Å². The molecule has 0 aromatic carbocycles. The molecule has 0 fully saturated rings. The van der Waals surface area contributed by atoms with Gasteiger partial charge in [0.15, 0.2) is 6.10 Å². The van der Waals surface area contributed by atoms with E-state index in [1.165, 1.54) is 161 Å². The summed E-state index contributed by atoms with van der Waals surface area (Å²) < 4.78 is 16.8. The van der Waals surface area contributed by atoms with Crippen LogP contribution in [0.25, 0.3) is 0 Å². The van der Waals surface area contributed by atoms with Crippen molar-refractivity contribution in [2.45, 2.75) is 297 Å². The van der Waals surface area contributed by atoms with E-state index < -0.39 is 6.10 Å². The summed E-state index contributed by atoms with van der Waals surface area (Å²) in [6.45, 7) is 6.46. The predicted octanol–water partition coefficient (Wildman–Crippen LogP) is 20.9. The average Bonchev–Trinajstić information content (AvgIpc) is 3.39. The van der Waals surface area contributed by atoms with Crippen molar-refractivity contribution in [3.05, 3.63) is 97.2 Å². The molecular weight excluding hydrogens is 901 g/mol. The second-order valence-electron chi connectivity index (χ2n) is 20.2. The molecule has 6 nitrogen and oxygen atoms in total. The maximum absolute atomic E-state index is 12.9. The number of rotatable bonds is 55. The number of unbranched alkanes of at least 4 members (excludes halogenated alkanes) is 28. The summed E-state index contributed by atoms with van der Waals surface area (Å²) in [7, 11) is 0. The Balaban J connectivity index is 4.48. The van der Waals surface area contributed by atoms with Crippen molar-refractivity contribution in [1.82, 2.24) is 0 Å². The van der Waals surface area contributed by atoms with E-state index in [4.69, 9.17) is 14.2 Å². The van der Waals surface area contributed by atoms with E-state index in [1.54, 1.807) is 0 Å². The summed E-state index contributed by atoms with van der Waals surface area (Å²) in [5.41, 5.74) is 0. The van der Waals surface area contributed by atoms with Gasteiger partial charge in [0, 0.05) is 19.3 Å². The zero-order chi connectivity index (χ0) is 52.9. The maximum Gasteiger partial charge on any atom is 0.306 e. The lowest BCUT2D eigenvalue weighted by atomic mass is 10.0. The van der Waals surface area contributed by atoms with Crippen molar-refractivity contribution in [3.63, 3.8) is 0 Å². The Morgan fingerprint density at radius 3 is 0.945 bits per heavy atom. The van der Waals surface area contributed by atoms with E-state index in [1.807, 2.05) is 6.08 Å². The average molecular weight is 1020 g/mol. The number of carbonyl (C=O) groups excluding carboxylic acids is 3. The van der Waals surface area contributed by atoms with Gasteiger partial charge < -0.3 is 14.2 Å². The molecule has 0 radical (unpaired) electrons. The van der Waals surface area contributed by atoms with E-state index in [-0.39, 0.29) is 37.5 Å². The van der Waals surface area contributed by atoms with Gasteiger partial charge in [-0.25, -0.2) is 0 Å². The fraction of sp³-hybridized carbons (Fsp3) is 0.716. The first-order chi connectivity index (χ1) is 36.0. The molecule has 0 saturated heterocycles. The number of esters is 3. The molecular formula is C67H114O6.